The Kier molecular flexibility index (Phi) is 6.09. The standard InChI is InChI=1S/C20H29NO4/c1-14-7-6-8-17(15(2)22)18(14)24-13-16-9-11-21(12-10-16)19(23)25-20(3,4)5/h6-8,16H,9-13H2,1-5H3. The minimum Gasteiger partial charge on any atom is -0.492 e. The summed E-state index contributed by atoms with van der Waals surface area (Å²) in [5, 5.41) is 0. The highest BCUT2D eigenvalue weighted by Crippen LogP contribution is 2.26. The number of aryl methyl sites for hydroxylation is 1. The first kappa shape index (κ1) is 19.3. The van der Waals surface area contributed by atoms with Gasteiger partial charge in [0, 0.05) is 13.1 Å². The molecule has 1 aromatic carbocycles. The number of Topliss-reactive ketones (excluding diaryl/α,β-unsaturated/α-hetero) is 1. The molecule has 25 heavy (non-hydrogen) atoms. The van der Waals surface area contributed by atoms with Gasteiger partial charge in [-0.25, -0.2) is 4.79 Å². The summed E-state index contributed by atoms with van der Waals surface area (Å²) < 4.78 is 11.4. The number of nitrogens with zero attached hydrogens (tertiary/aromatic N) is 1. The van der Waals surface area contributed by atoms with E-state index in [0.29, 0.717) is 36.9 Å². The van der Waals surface area contributed by atoms with Gasteiger partial charge in [-0.15, -0.1) is 0 Å². The molecule has 0 atom stereocenters. The third kappa shape index (κ3) is 5.48. The lowest BCUT2D eigenvalue weighted by Gasteiger charge is -2.33. The number of likely N-dealkylation sites (tertiary alicyclic amines) is 1. The zero-order chi connectivity index (χ0) is 18.6. The zero-order valence-electron chi connectivity index (χ0n) is 15.9. The van der Waals surface area contributed by atoms with Crippen molar-refractivity contribution in [3.05, 3.63) is 29.3 Å². The molecule has 0 aromatic heterocycles. The van der Waals surface area contributed by atoms with Crippen molar-refractivity contribution in [2.45, 2.75) is 53.1 Å². The molecule has 0 unspecified atom stereocenters. The zero-order valence-corrected chi connectivity index (χ0v) is 15.9. The summed E-state index contributed by atoms with van der Waals surface area (Å²) in [6.07, 6.45) is 1.51. The van der Waals surface area contributed by atoms with E-state index in [1.807, 2.05) is 39.8 Å². The SMILES string of the molecule is CC(=O)c1cccc(C)c1OCC1CCN(C(=O)OC(C)(C)C)CC1. The summed E-state index contributed by atoms with van der Waals surface area (Å²) in [4.78, 5) is 25.6. The molecule has 1 fully saturated rings. The number of piperidine rings is 1. The highest BCUT2D eigenvalue weighted by molar-refractivity contribution is 5.97. The number of hydrogen-bond donors (Lipinski definition) is 0. The number of ether oxygens (including phenoxy) is 2. The van der Waals surface area contributed by atoms with Crippen LogP contribution < -0.4 is 4.74 Å². The molecule has 2 rings (SSSR count). The van der Waals surface area contributed by atoms with Crippen molar-refractivity contribution < 1.29 is 19.1 Å². The number of carbonyl (C=O) groups is 2. The van der Waals surface area contributed by atoms with Crippen LogP contribution in [0.3, 0.4) is 0 Å². The molecule has 1 heterocycles. The van der Waals surface area contributed by atoms with Gasteiger partial charge in [-0.2, -0.15) is 0 Å². The molecule has 0 aliphatic carbocycles. The number of para-hydroxylation sites is 1. The molecule has 0 radical (unpaired) electrons. The Morgan fingerprint density at radius 2 is 1.84 bits per heavy atom. The summed E-state index contributed by atoms with van der Waals surface area (Å²) in [6.45, 7) is 11.1. The van der Waals surface area contributed by atoms with Crippen LogP contribution in [-0.2, 0) is 4.74 Å². The van der Waals surface area contributed by atoms with Crippen LogP contribution in [0.5, 0.6) is 5.75 Å². The number of ketones is 1. The second kappa shape index (κ2) is 7.89. The van der Waals surface area contributed by atoms with E-state index in [-0.39, 0.29) is 11.9 Å². The number of amides is 1. The van der Waals surface area contributed by atoms with Crippen molar-refractivity contribution in [1.82, 2.24) is 4.90 Å². The summed E-state index contributed by atoms with van der Waals surface area (Å²) >= 11 is 0. The molecule has 138 valence electrons. The van der Waals surface area contributed by atoms with Gasteiger partial charge in [0.05, 0.1) is 12.2 Å². The quantitative estimate of drug-likeness (QED) is 0.765. The third-order valence-electron chi connectivity index (χ3n) is 4.32. The van der Waals surface area contributed by atoms with Crippen molar-refractivity contribution in [3.8, 4) is 5.75 Å². The predicted octanol–water partition coefficient (Wildman–Crippen LogP) is 4.22. The van der Waals surface area contributed by atoms with Crippen molar-refractivity contribution >= 4 is 11.9 Å². The van der Waals surface area contributed by atoms with Crippen LogP contribution in [0.2, 0.25) is 0 Å². The molecule has 1 amide bonds. The molecule has 1 aromatic rings. The average Bonchev–Trinajstić information content (AvgIpc) is 2.52. The van der Waals surface area contributed by atoms with Crippen molar-refractivity contribution in [1.29, 1.82) is 0 Å². The van der Waals surface area contributed by atoms with Gasteiger partial charge in [-0.05, 0) is 65.0 Å². The second-order valence-corrected chi connectivity index (χ2v) is 7.73. The van der Waals surface area contributed by atoms with Crippen molar-refractivity contribution in [2.24, 2.45) is 5.92 Å². The Balaban J connectivity index is 1.87. The first-order valence-corrected chi connectivity index (χ1v) is 8.88. The van der Waals surface area contributed by atoms with Gasteiger partial charge < -0.3 is 14.4 Å². The maximum absolute atomic E-state index is 12.1. The number of benzene rings is 1. The molecular weight excluding hydrogens is 318 g/mol. The molecule has 0 N–H and O–H groups in total. The molecule has 5 heteroatoms. The Bertz CT molecular complexity index is 625. The Morgan fingerprint density at radius 1 is 1.20 bits per heavy atom. The number of rotatable bonds is 4. The molecule has 1 saturated heterocycles. The summed E-state index contributed by atoms with van der Waals surface area (Å²) in [7, 11) is 0. The Hall–Kier alpha value is -2.04. The van der Waals surface area contributed by atoms with E-state index in [4.69, 9.17) is 9.47 Å². The van der Waals surface area contributed by atoms with Gasteiger partial charge >= 0.3 is 6.09 Å². The molecule has 1 aliphatic heterocycles. The van der Waals surface area contributed by atoms with E-state index in [9.17, 15) is 9.59 Å². The number of hydrogen-bond acceptors (Lipinski definition) is 4. The fraction of sp³-hybridized carbons (Fsp3) is 0.600. The van der Waals surface area contributed by atoms with Crippen LogP contribution in [-0.4, -0.2) is 42.1 Å². The minimum absolute atomic E-state index is 0.0124. The third-order valence-corrected chi connectivity index (χ3v) is 4.32. The van der Waals surface area contributed by atoms with Crippen LogP contribution in [0.1, 0.15) is 56.5 Å². The topological polar surface area (TPSA) is 55.8 Å². The van der Waals surface area contributed by atoms with Crippen LogP contribution in [0.4, 0.5) is 4.79 Å². The van der Waals surface area contributed by atoms with E-state index in [1.165, 1.54) is 0 Å². The van der Waals surface area contributed by atoms with Crippen LogP contribution in [0.25, 0.3) is 0 Å². The van der Waals surface area contributed by atoms with Crippen molar-refractivity contribution in [2.75, 3.05) is 19.7 Å². The molecular formula is C20H29NO4. The van der Waals surface area contributed by atoms with E-state index >= 15 is 0 Å². The van der Waals surface area contributed by atoms with Gasteiger partial charge in [0.2, 0.25) is 0 Å². The Morgan fingerprint density at radius 3 is 2.40 bits per heavy atom. The molecule has 0 bridgehead atoms. The second-order valence-electron chi connectivity index (χ2n) is 7.73. The fourth-order valence-corrected chi connectivity index (χ4v) is 2.93. The lowest BCUT2D eigenvalue weighted by molar-refractivity contribution is 0.0164. The van der Waals surface area contributed by atoms with E-state index in [2.05, 4.69) is 0 Å². The van der Waals surface area contributed by atoms with E-state index in [0.717, 1.165) is 18.4 Å². The van der Waals surface area contributed by atoms with Gasteiger partial charge in [-0.1, -0.05) is 12.1 Å². The van der Waals surface area contributed by atoms with Gasteiger partial charge in [0.1, 0.15) is 11.4 Å². The van der Waals surface area contributed by atoms with E-state index in [1.54, 1.807) is 17.9 Å². The summed E-state index contributed by atoms with van der Waals surface area (Å²) in [5.74, 6) is 1.07. The first-order chi connectivity index (χ1) is 11.7. The van der Waals surface area contributed by atoms with Crippen LogP contribution in [0.15, 0.2) is 18.2 Å². The largest absolute Gasteiger partial charge is 0.492 e. The summed E-state index contributed by atoms with van der Waals surface area (Å²) in [6, 6.07) is 5.63. The first-order valence-electron chi connectivity index (χ1n) is 8.88. The van der Waals surface area contributed by atoms with Crippen LogP contribution >= 0.6 is 0 Å². The van der Waals surface area contributed by atoms with Gasteiger partial charge in [0.25, 0.3) is 0 Å². The highest BCUT2D eigenvalue weighted by atomic mass is 16.6. The fourth-order valence-electron chi connectivity index (χ4n) is 2.93. The minimum atomic E-state index is -0.467. The van der Waals surface area contributed by atoms with Crippen molar-refractivity contribution in [3.63, 3.8) is 0 Å². The maximum Gasteiger partial charge on any atom is 0.410 e. The lowest BCUT2D eigenvalue weighted by atomic mass is 9.98. The lowest BCUT2D eigenvalue weighted by Crippen LogP contribution is -2.42. The molecule has 1 aliphatic rings. The molecule has 0 spiro atoms. The van der Waals surface area contributed by atoms with E-state index < -0.39 is 5.60 Å². The molecule has 5 nitrogen and oxygen atoms in total. The van der Waals surface area contributed by atoms with Crippen LogP contribution in [0, 0.1) is 12.8 Å². The maximum atomic E-state index is 12.1. The summed E-state index contributed by atoms with van der Waals surface area (Å²) in [5.41, 5.74) is 1.13. The Labute approximate surface area is 150 Å². The normalized spacial score (nSPS) is 15.8. The monoisotopic (exact) mass is 347 g/mol. The van der Waals surface area contributed by atoms with Gasteiger partial charge in [0.15, 0.2) is 5.78 Å². The number of carbonyl (C=O) groups excluding carboxylic acids is 2. The highest BCUT2D eigenvalue weighted by Gasteiger charge is 2.27. The smallest absolute Gasteiger partial charge is 0.410 e. The average molecular weight is 347 g/mol. The molecule has 0 saturated carbocycles. The predicted molar refractivity (Wildman–Crippen MR) is 97.2 cm³/mol. The van der Waals surface area contributed by atoms with Gasteiger partial charge in [-0.3, -0.25) is 4.79 Å².